The van der Waals surface area contributed by atoms with Gasteiger partial charge in [-0.2, -0.15) is 0 Å². The first-order valence-corrected chi connectivity index (χ1v) is 14.2. The van der Waals surface area contributed by atoms with Crippen molar-refractivity contribution in [2.24, 2.45) is 0 Å². The molecule has 5 aromatic rings. The highest BCUT2D eigenvalue weighted by atomic mass is 35.5. The van der Waals surface area contributed by atoms with Gasteiger partial charge in [-0.15, -0.1) is 0 Å². The Balaban J connectivity index is 1.69. The van der Waals surface area contributed by atoms with Crippen LogP contribution in [0.15, 0.2) is 66.7 Å². The minimum Gasteiger partial charge on any atom is -0.493 e. The normalized spacial score (nSPS) is 10.7. The van der Waals surface area contributed by atoms with Crippen LogP contribution in [-0.2, 0) is 6.54 Å². The Hall–Kier alpha value is -5.22. The number of halogens is 1. The zero-order valence-corrected chi connectivity index (χ0v) is 26.4. The topological polar surface area (TPSA) is 110 Å². The molecule has 5 rings (SSSR count). The molecule has 0 aliphatic rings. The number of ether oxygens (including phenoxy) is 6. The summed E-state index contributed by atoms with van der Waals surface area (Å²) in [5.74, 6) is 2.39. The molecule has 0 radical (unpaired) electrons. The number of methoxy groups -OCH3 is 6. The minimum atomic E-state index is -0.276. The van der Waals surface area contributed by atoms with Crippen LogP contribution in [-0.4, -0.2) is 58.5 Å². The van der Waals surface area contributed by atoms with E-state index >= 15 is 0 Å². The number of nitrogens with zero attached hydrogens (tertiary/aromatic N) is 2. The third-order valence-electron chi connectivity index (χ3n) is 7.20. The molecule has 0 saturated carbocycles. The van der Waals surface area contributed by atoms with Gasteiger partial charge in [-0.05, 0) is 54.1 Å². The van der Waals surface area contributed by atoms with Crippen molar-refractivity contribution >= 4 is 28.5 Å². The number of hydrogen-bond acceptors (Lipinski definition) is 9. The zero-order chi connectivity index (χ0) is 32.1. The highest BCUT2D eigenvalue weighted by molar-refractivity contribution is 6.31. The van der Waals surface area contributed by atoms with Gasteiger partial charge in [-0.3, -0.25) is 4.79 Å². The molecule has 1 amide bonds. The lowest BCUT2D eigenvalue weighted by atomic mass is 10.0. The van der Waals surface area contributed by atoms with E-state index in [-0.39, 0.29) is 12.5 Å². The number of fused-ring (bicyclic) bond motifs is 1. The van der Waals surface area contributed by atoms with E-state index in [2.05, 4.69) is 5.32 Å². The van der Waals surface area contributed by atoms with Crippen LogP contribution in [0.3, 0.4) is 0 Å². The summed E-state index contributed by atoms with van der Waals surface area (Å²) in [4.78, 5) is 23.2. The molecule has 11 heteroatoms. The number of benzene rings is 4. The van der Waals surface area contributed by atoms with Gasteiger partial charge < -0.3 is 33.7 Å². The predicted molar refractivity (Wildman–Crippen MR) is 172 cm³/mol. The second kappa shape index (κ2) is 13.6. The minimum absolute atomic E-state index is 0.276. The number of aromatic nitrogens is 2. The zero-order valence-electron chi connectivity index (χ0n) is 25.7. The largest absolute Gasteiger partial charge is 0.493 e. The Morgan fingerprint density at radius 2 is 1.13 bits per heavy atom. The van der Waals surface area contributed by atoms with Crippen LogP contribution in [0.2, 0.25) is 5.02 Å². The molecule has 0 spiro atoms. The van der Waals surface area contributed by atoms with Crippen molar-refractivity contribution in [1.29, 1.82) is 0 Å². The standard InChI is InChI=1S/C34H32ClN3O7/c1-40-26-14-21(15-27(41-2)32(26)44-5)30-31(22-16-28(42-3)33(45-6)29(17-22)43-4)38-25-13-19(11-12-24(25)37-30)34(39)36-18-20-9-7-8-10-23(20)35/h7-17H,18H2,1-6H3,(H,36,39). The molecule has 0 atom stereocenters. The van der Waals surface area contributed by atoms with Crippen molar-refractivity contribution in [2.45, 2.75) is 6.54 Å². The Labute approximate surface area is 265 Å². The first-order chi connectivity index (χ1) is 21.8. The SMILES string of the molecule is COc1cc(-c2nc3ccc(C(=O)NCc4ccccc4Cl)cc3nc2-c2cc(OC)c(OC)c(OC)c2)cc(OC)c1OC. The molecule has 0 aliphatic carbocycles. The van der Waals surface area contributed by atoms with Gasteiger partial charge in [0.15, 0.2) is 23.0 Å². The molecule has 4 aromatic carbocycles. The van der Waals surface area contributed by atoms with E-state index in [1.807, 2.05) is 18.2 Å². The lowest BCUT2D eigenvalue weighted by Crippen LogP contribution is -2.22. The van der Waals surface area contributed by atoms with Crippen LogP contribution < -0.4 is 33.7 Å². The lowest BCUT2D eigenvalue weighted by molar-refractivity contribution is 0.0951. The van der Waals surface area contributed by atoms with Crippen molar-refractivity contribution in [3.05, 3.63) is 82.9 Å². The van der Waals surface area contributed by atoms with Crippen LogP contribution in [0.25, 0.3) is 33.5 Å². The molecular formula is C34H32ClN3O7. The van der Waals surface area contributed by atoms with Crippen molar-refractivity contribution in [3.63, 3.8) is 0 Å². The average molecular weight is 630 g/mol. The van der Waals surface area contributed by atoms with Crippen molar-refractivity contribution in [3.8, 4) is 57.0 Å². The van der Waals surface area contributed by atoms with Crippen molar-refractivity contribution < 1.29 is 33.2 Å². The summed E-state index contributed by atoms with van der Waals surface area (Å²) in [5.41, 5.74) is 4.60. The fraction of sp³-hybridized carbons (Fsp3) is 0.206. The Morgan fingerprint density at radius 1 is 0.644 bits per heavy atom. The lowest BCUT2D eigenvalue weighted by Gasteiger charge is -2.18. The highest BCUT2D eigenvalue weighted by Gasteiger charge is 2.22. The van der Waals surface area contributed by atoms with E-state index in [1.165, 1.54) is 7.11 Å². The first kappa shape index (κ1) is 31.2. The number of nitrogens with one attached hydrogen (secondary N) is 1. The molecule has 45 heavy (non-hydrogen) atoms. The maximum absolute atomic E-state index is 13.2. The van der Waals surface area contributed by atoms with E-state index < -0.39 is 0 Å². The van der Waals surface area contributed by atoms with Crippen LogP contribution >= 0.6 is 11.6 Å². The monoisotopic (exact) mass is 629 g/mol. The maximum Gasteiger partial charge on any atom is 0.251 e. The van der Waals surface area contributed by atoms with E-state index in [4.69, 9.17) is 50.0 Å². The van der Waals surface area contributed by atoms with Crippen LogP contribution in [0, 0.1) is 0 Å². The van der Waals surface area contributed by atoms with Gasteiger partial charge in [0.25, 0.3) is 5.91 Å². The summed E-state index contributed by atoms with van der Waals surface area (Å²) in [6.07, 6.45) is 0. The second-order valence-corrected chi connectivity index (χ2v) is 10.1. The summed E-state index contributed by atoms with van der Waals surface area (Å²) in [7, 11) is 9.26. The highest BCUT2D eigenvalue weighted by Crippen LogP contribution is 2.45. The molecule has 1 N–H and O–H groups in total. The van der Waals surface area contributed by atoms with Crippen LogP contribution in [0.4, 0.5) is 0 Å². The maximum atomic E-state index is 13.2. The predicted octanol–water partition coefficient (Wildman–Crippen LogP) is 6.60. The molecule has 0 fully saturated rings. The number of carbonyl (C=O) groups is 1. The summed E-state index contributed by atoms with van der Waals surface area (Å²) >= 11 is 6.27. The second-order valence-electron chi connectivity index (χ2n) is 9.73. The quantitative estimate of drug-likeness (QED) is 0.173. The third kappa shape index (κ3) is 6.23. The van der Waals surface area contributed by atoms with Gasteiger partial charge in [-0.25, -0.2) is 9.97 Å². The molecule has 0 bridgehead atoms. The summed E-state index contributed by atoms with van der Waals surface area (Å²) < 4.78 is 33.6. The van der Waals surface area contributed by atoms with E-state index in [9.17, 15) is 4.79 Å². The molecule has 0 unspecified atom stereocenters. The molecule has 0 aliphatic heterocycles. The Bertz CT molecular complexity index is 1830. The van der Waals surface area contributed by atoms with Gasteiger partial charge in [-0.1, -0.05) is 29.8 Å². The third-order valence-corrected chi connectivity index (χ3v) is 7.57. The molecule has 232 valence electrons. The van der Waals surface area contributed by atoms with Crippen molar-refractivity contribution in [1.82, 2.24) is 15.3 Å². The number of hydrogen-bond donors (Lipinski definition) is 1. The average Bonchev–Trinajstić information content (AvgIpc) is 3.08. The van der Waals surface area contributed by atoms with Gasteiger partial charge in [0.05, 0.1) is 65.1 Å². The van der Waals surface area contributed by atoms with Crippen molar-refractivity contribution in [2.75, 3.05) is 42.7 Å². The number of amides is 1. The summed E-state index contributed by atoms with van der Waals surface area (Å²) in [6, 6.07) is 19.7. The number of rotatable bonds is 11. The van der Waals surface area contributed by atoms with Gasteiger partial charge in [0.2, 0.25) is 11.5 Å². The fourth-order valence-corrected chi connectivity index (χ4v) is 5.16. The van der Waals surface area contributed by atoms with Gasteiger partial charge in [0.1, 0.15) is 0 Å². The molecule has 1 aromatic heterocycles. The van der Waals surface area contributed by atoms with E-state index in [0.717, 1.165) is 5.56 Å². The molecule has 10 nitrogen and oxygen atoms in total. The van der Waals surface area contributed by atoms with Crippen LogP contribution in [0.5, 0.6) is 34.5 Å². The summed E-state index contributed by atoms with van der Waals surface area (Å²) in [6.45, 7) is 0.277. The Morgan fingerprint density at radius 3 is 1.60 bits per heavy atom. The first-order valence-electron chi connectivity index (χ1n) is 13.8. The fourth-order valence-electron chi connectivity index (χ4n) is 4.95. The molecule has 1 heterocycles. The van der Waals surface area contributed by atoms with E-state index in [0.29, 0.717) is 78.6 Å². The van der Waals surface area contributed by atoms with Crippen LogP contribution in [0.1, 0.15) is 15.9 Å². The smallest absolute Gasteiger partial charge is 0.251 e. The summed E-state index contributed by atoms with van der Waals surface area (Å²) in [5, 5.41) is 3.51. The van der Waals surface area contributed by atoms with Gasteiger partial charge in [0, 0.05) is 28.3 Å². The van der Waals surface area contributed by atoms with E-state index in [1.54, 1.807) is 84.1 Å². The molecule has 0 saturated heterocycles. The molecular weight excluding hydrogens is 598 g/mol. The Kier molecular flexibility index (Phi) is 9.44. The number of carbonyl (C=O) groups excluding carboxylic acids is 1. The van der Waals surface area contributed by atoms with Gasteiger partial charge >= 0.3 is 0 Å².